The van der Waals surface area contributed by atoms with E-state index >= 15 is 0 Å². The zero-order valence-corrected chi connectivity index (χ0v) is 11.0. The van der Waals surface area contributed by atoms with Crippen molar-refractivity contribution < 1.29 is 10.0 Å². The number of pyridine rings is 1. The van der Waals surface area contributed by atoms with Gasteiger partial charge in [0.15, 0.2) is 0 Å². The lowest BCUT2D eigenvalue weighted by Crippen LogP contribution is -2.04. The third-order valence-corrected chi connectivity index (χ3v) is 2.87. The fourth-order valence-corrected chi connectivity index (χ4v) is 1.73. The van der Waals surface area contributed by atoms with Crippen molar-refractivity contribution in [2.75, 3.05) is 5.32 Å². The van der Waals surface area contributed by atoms with E-state index in [9.17, 15) is 10.1 Å². The number of benzene rings is 1. The Bertz CT molecular complexity index is 692. The van der Waals surface area contributed by atoms with Crippen molar-refractivity contribution >= 4 is 11.5 Å². The van der Waals surface area contributed by atoms with Crippen LogP contribution in [0.15, 0.2) is 36.5 Å². The quantitative estimate of drug-likeness (QED) is 0.641. The Labute approximate surface area is 120 Å². The highest BCUT2D eigenvalue weighted by Gasteiger charge is 2.11. The first-order valence-corrected chi connectivity index (χ1v) is 6.11. The lowest BCUT2D eigenvalue weighted by atomic mass is 10.1. The van der Waals surface area contributed by atoms with E-state index in [0.29, 0.717) is 12.4 Å². The van der Waals surface area contributed by atoms with Gasteiger partial charge in [-0.05, 0) is 11.1 Å². The molecule has 1 aromatic heterocycles. The van der Waals surface area contributed by atoms with Crippen molar-refractivity contribution in [1.82, 2.24) is 4.98 Å². The molecule has 0 aliphatic heterocycles. The Balaban J connectivity index is 2.12. The highest BCUT2D eigenvalue weighted by atomic mass is 16.6. The standard InChI is InChI=1S/C14H12N4O3/c15-6-12-5-13(18(20)21)8-17-14(12)16-7-10-1-3-11(9-19)4-2-10/h1-5,8,19H,7,9H2,(H,16,17). The summed E-state index contributed by atoms with van der Waals surface area (Å²) >= 11 is 0. The summed E-state index contributed by atoms with van der Waals surface area (Å²) in [5.41, 5.74) is 1.65. The van der Waals surface area contributed by atoms with E-state index in [4.69, 9.17) is 10.4 Å². The van der Waals surface area contributed by atoms with Crippen molar-refractivity contribution in [2.24, 2.45) is 0 Å². The number of aromatic nitrogens is 1. The predicted octanol–water partition coefficient (Wildman–Crippen LogP) is 1.97. The van der Waals surface area contributed by atoms with Gasteiger partial charge in [0.1, 0.15) is 23.6 Å². The molecule has 0 aliphatic rings. The molecule has 0 aliphatic carbocycles. The van der Waals surface area contributed by atoms with E-state index in [1.165, 1.54) is 6.07 Å². The number of hydrogen-bond donors (Lipinski definition) is 2. The highest BCUT2D eigenvalue weighted by Crippen LogP contribution is 2.18. The molecule has 0 saturated carbocycles. The van der Waals surface area contributed by atoms with Gasteiger partial charge in [0, 0.05) is 12.6 Å². The Morgan fingerprint density at radius 1 is 1.33 bits per heavy atom. The maximum atomic E-state index is 10.6. The lowest BCUT2D eigenvalue weighted by molar-refractivity contribution is -0.385. The molecule has 106 valence electrons. The minimum absolute atomic E-state index is 0.0177. The van der Waals surface area contributed by atoms with Crippen LogP contribution in [0.25, 0.3) is 0 Å². The number of hydrogen-bond acceptors (Lipinski definition) is 6. The fraction of sp³-hybridized carbons (Fsp3) is 0.143. The SMILES string of the molecule is N#Cc1cc([N+](=O)[O-])cnc1NCc1ccc(CO)cc1. The van der Waals surface area contributed by atoms with E-state index in [2.05, 4.69) is 10.3 Å². The minimum atomic E-state index is -0.592. The molecule has 7 heteroatoms. The molecule has 0 spiro atoms. The van der Waals surface area contributed by atoms with Gasteiger partial charge in [-0.15, -0.1) is 0 Å². The molecule has 0 unspecified atom stereocenters. The van der Waals surface area contributed by atoms with E-state index in [1.54, 1.807) is 12.1 Å². The maximum absolute atomic E-state index is 10.6. The summed E-state index contributed by atoms with van der Waals surface area (Å²) < 4.78 is 0. The van der Waals surface area contributed by atoms with Crippen molar-refractivity contribution in [1.29, 1.82) is 5.26 Å². The number of aliphatic hydroxyl groups is 1. The van der Waals surface area contributed by atoms with Gasteiger partial charge in [-0.3, -0.25) is 10.1 Å². The second-order valence-corrected chi connectivity index (χ2v) is 4.29. The van der Waals surface area contributed by atoms with Gasteiger partial charge in [-0.25, -0.2) is 4.98 Å². The first-order valence-electron chi connectivity index (χ1n) is 6.11. The summed E-state index contributed by atoms with van der Waals surface area (Å²) in [4.78, 5) is 13.9. The van der Waals surface area contributed by atoms with Crippen molar-refractivity contribution in [3.63, 3.8) is 0 Å². The average Bonchev–Trinajstić information content (AvgIpc) is 2.53. The van der Waals surface area contributed by atoms with Gasteiger partial charge < -0.3 is 10.4 Å². The van der Waals surface area contributed by atoms with Crippen LogP contribution in [0.1, 0.15) is 16.7 Å². The van der Waals surface area contributed by atoms with Crippen LogP contribution in [0.4, 0.5) is 11.5 Å². The number of rotatable bonds is 5. The second-order valence-electron chi connectivity index (χ2n) is 4.29. The molecule has 2 N–H and O–H groups in total. The summed E-state index contributed by atoms with van der Waals surface area (Å²) in [7, 11) is 0. The van der Waals surface area contributed by atoms with Gasteiger partial charge >= 0.3 is 0 Å². The molecule has 0 saturated heterocycles. The molecule has 0 radical (unpaired) electrons. The molecule has 1 heterocycles. The van der Waals surface area contributed by atoms with Crippen LogP contribution in [0.3, 0.4) is 0 Å². The van der Waals surface area contributed by atoms with Crippen LogP contribution in [0.2, 0.25) is 0 Å². The summed E-state index contributed by atoms with van der Waals surface area (Å²) in [5, 5.41) is 31.6. The Morgan fingerprint density at radius 2 is 2.00 bits per heavy atom. The number of nitriles is 1. The van der Waals surface area contributed by atoms with Gasteiger partial charge in [-0.1, -0.05) is 24.3 Å². The molecule has 2 rings (SSSR count). The number of nitrogens with zero attached hydrogens (tertiary/aromatic N) is 3. The predicted molar refractivity (Wildman–Crippen MR) is 75.3 cm³/mol. The van der Waals surface area contributed by atoms with Gasteiger partial charge in [0.25, 0.3) is 5.69 Å². The number of anilines is 1. The highest BCUT2D eigenvalue weighted by molar-refractivity contribution is 5.55. The van der Waals surface area contributed by atoms with Gasteiger partial charge in [0.2, 0.25) is 0 Å². The smallest absolute Gasteiger partial charge is 0.289 e. The molecular formula is C14H12N4O3. The zero-order chi connectivity index (χ0) is 15.2. The molecule has 0 bridgehead atoms. The van der Waals surface area contributed by atoms with Crippen LogP contribution >= 0.6 is 0 Å². The molecule has 1 aromatic carbocycles. The third kappa shape index (κ3) is 3.52. The molecular weight excluding hydrogens is 272 g/mol. The van der Waals surface area contributed by atoms with Gasteiger partial charge in [0.05, 0.1) is 11.5 Å². The lowest BCUT2D eigenvalue weighted by Gasteiger charge is -2.07. The molecule has 0 fully saturated rings. The Kier molecular flexibility index (Phi) is 4.43. The average molecular weight is 284 g/mol. The largest absolute Gasteiger partial charge is 0.392 e. The number of aliphatic hydroxyl groups excluding tert-OH is 1. The summed E-state index contributed by atoms with van der Waals surface area (Å²) in [6.07, 6.45) is 1.11. The van der Waals surface area contributed by atoms with Crippen molar-refractivity contribution in [3.8, 4) is 6.07 Å². The molecule has 0 atom stereocenters. The van der Waals surface area contributed by atoms with E-state index in [1.807, 2.05) is 18.2 Å². The van der Waals surface area contributed by atoms with Crippen molar-refractivity contribution in [2.45, 2.75) is 13.2 Å². The number of nitrogens with one attached hydrogen (secondary N) is 1. The molecule has 2 aromatic rings. The topological polar surface area (TPSA) is 112 Å². The minimum Gasteiger partial charge on any atom is -0.392 e. The summed E-state index contributed by atoms with van der Waals surface area (Å²) in [6, 6.07) is 10.3. The van der Waals surface area contributed by atoms with Crippen LogP contribution in [0, 0.1) is 21.4 Å². The van der Waals surface area contributed by atoms with E-state index in [0.717, 1.165) is 17.3 Å². The van der Waals surface area contributed by atoms with Crippen LogP contribution in [-0.4, -0.2) is 15.0 Å². The van der Waals surface area contributed by atoms with Gasteiger partial charge in [-0.2, -0.15) is 5.26 Å². The second kappa shape index (κ2) is 6.45. The normalized spacial score (nSPS) is 9.90. The Morgan fingerprint density at radius 3 is 2.57 bits per heavy atom. The van der Waals surface area contributed by atoms with Crippen LogP contribution < -0.4 is 5.32 Å². The monoisotopic (exact) mass is 284 g/mol. The van der Waals surface area contributed by atoms with Crippen LogP contribution in [-0.2, 0) is 13.2 Å². The summed E-state index contributed by atoms with van der Waals surface area (Å²) in [5.74, 6) is 0.300. The van der Waals surface area contributed by atoms with Crippen molar-refractivity contribution in [3.05, 3.63) is 63.3 Å². The molecule has 7 nitrogen and oxygen atoms in total. The molecule has 21 heavy (non-hydrogen) atoms. The van der Waals surface area contributed by atoms with E-state index < -0.39 is 4.92 Å². The summed E-state index contributed by atoms with van der Waals surface area (Å²) in [6.45, 7) is 0.404. The molecule has 0 amide bonds. The van der Waals surface area contributed by atoms with E-state index in [-0.39, 0.29) is 17.9 Å². The first kappa shape index (κ1) is 14.4. The fourth-order valence-electron chi connectivity index (χ4n) is 1.73. The number of nitro groups is 1. The third-order valence-electron chi connectivity index (χ3n) is 2.87. The maximum Gasteiger partial charge on any atom is 0.289 e. The Hall–Kier alpha value is -2.98. The first-order chi connectivity index (χ1) is 10.1. The zero-order valence-electron chi connectivity index (χ0n) is 11.0. The van der Waals surface area contributed by atoms with Crippen LogP contribution in [0.5, 0.6) is 0 Å².